The van der Waals surface area contributed by atoms with E-state index in [-0.39, 0.29) is 0 Å². The van der Waals surface area contributed by atoms with E-state index in [1.165, 1.54) is 19.3 Å². The molecule has 0 aliphatic rings. The molecule has 1 aromatic rings. The van der Waals surface area contributed by atoms with Crippen LogP contribution in [0.5, 0.6) is 5.75 Å². The fourth-order valence-corrected chi connectivity index (χ4v) is 3.23. The quantitative estimate of drug-likeness (QED) is 0.441. The van der Waals surface area contributed by atoms with E-state index >= 15 is 0 Å². The van der Waals surface area contributed by atoms with Crippen LogP contribution in [0.2, 0.25) is 0 Å². The lowest BCUT2D eigenvalue weighted by molar-refractivity contribution is 0.0535. The topological polar surface area (TPSA) is 55.8 Å². The first-order chi connectivity index (χ1) is 10.6. The third-order valence-electron chi connectivity index (χ3n) is 4.04. The summed E-state index contributed by atoms with van der Waals surface area (Å²) in [6, 6.07) is 7.66. The molecule has 22 heavy (non-hydrogen) atoms. The second-order valence-corrected chi connectivity index (χ2v) is 6.12. The second-order valence-electron chi connectivity index (χ2n) is 5.46. The van der Waals surface area contributed by atoms with Crippen molar-refractivity contribution in [2.24, 2.45) is 0 Å². The molecule has 0 aliphatic heterocycles. The standard InChI is InChI=1S/C17H27O4P/c1-4-7-8-9-14-20-16-12-10-15(11-13-16)17(5-2,6-3)21-22(18)19/h10-13H,4-9,14H2,1-3H3/p+1. The minimum atomic E-state index is -2.63. The largest absolute Gasteiger partial charge is 0.695 e. The summed E-state index contributed by atoms with van der Waals surface area (Å²) in [5.74, 6) is 0.828. The van der Waals surface area contributed by atoms with Crippen LogP contribution in [0.15, 0.2) is 24.3 Å². The van der Waals surface area contributed by atoms with Gasteiger partial charge in [0, 0.05) is 4.57 Å². The first kappa shape index (κ1) is 19.1. The number of hydrogen-bond acceptors (Lipinski definition) is 3. The van der Waals surface area contributed by atoms with Gasteiger partial charge in [-0.05, 0) is 37.0 Å². The monoisotopic (exact) mass is 327 g/mol. The third-order valence-corrected chi connectivity index (χ3v) is 4.55. The second kappa shape index (κ2) is 9.94. The highest BCUT2D eigenvalue weighted by Crippen LogP contribution is 2.40. The molecule has 1 rings (SSSR count). The molecule has 0 aromatic heterocycles. The Morgan fingerprint density at radius 2 is 1.68 bits per heavy atom. The smallest absolute Gasteiger partial charge is 0.494 e. The Bertz CT molecular complexity index is 440. The summed E-state index contributed by atoms with van der Waals surface area (Å²) in [6.45, 7) is 6.83. The molecule has 0 spiro atoms. The molecule has 0 fully saturated rings. The van der Waals surface area contributed by atoms with E-state index in [1.807, 2.05) is 38.1 Å². The van der Waals surface area contributed by atoms with Crippen molar-refractivity contribution < 1.29 is 18.7 Å². The van der Waals surface area contributed by atoms with E-state index in [0.29, 0.717) is 12.8 Å². The van der Waals surface area contributed by atoms with Gasteiger partial charge in [0.2, 0.25) is 0 Å². The first-order valence-corrected chi connectivity index (χ1v) is 9.29. The van der Waals surface area contributed by atoms with Gasteiger partial charge in [0.1, 0.15) is 5.75 Å². The van der Waals surface area contributed by atoms with Crippen molar-refractivity contribution in [3.05, 3.63) is 29.8 Å². The molecular formula is C17H28O4P+. The lowest BCUT2D eigenvalue weighted by atomic mass is 9.89. The van der Waals surface area contributed by atoms with Crippen LogP contribution in [0.4, 0.5) is 0 Å². The molecule has 4 nitrogen and oxygen atoms in total. The summed E-state index contributed by atoms with van der Waals surface area (Å²) in [6.07, 6.45) is 6.01. The van der Waals surface area contributed by atoms with Crippen LogP contribution in [-0.4, -0.2) is 11.5 Å². The number of ether oxygens (including phenoxy) is 1. The van der Waals surface area contributed by atoms with Crippen molar-refractivity contribution in [2.75, 3.05) is 6.61 Å². The van der Waals surface area contributed by atoms with Crippen LogP contribution in [0.1, 0.15) is 64.9 Å². The average Bonchev–Trinajstić information content (AvgIpc) is 2.53. The van der Waals surface area contributed by atoms with Crippen LogP contribution < -0.4 is 4.74 Å². The Labute approximate surface area is 134 Å². The van der Waals surface area contributed by atoms with Crippen molar-refractivity contribution >= 4 is 8.25 Å². The van der Waals surface area contributed by atoms with Gasteiger partial charge in [-0.3, -0.25) is 0 Å². The lowest BCUT2D eigenvalue weighted by Crippen LogP contribution is -2.25. The van der Waals surface area contributed by atoms with Gasteiger partial charge in [0.25, 0.3) is 0 Å². The zero-order valence-electron chi connectivity index (χ0n) is 13.9. The molecule has 1 N–H and O–H groups in total. The van der Waals surface area contributed by atoms with Gasteiger partial charge >= 0.3 is 8.25 Å². The molecule has 0 saturated heterocycles. The van der Waals surface area contributed by atoms with Crippen molar-refractivity contribution in [1.82, 2.24) is 0 Å². The average molecular weight is 327 g/mol. The minimum absolute atomic E-state index is 0.641. The highest BCUT2D eigenvalue weighted by Gasteiger charge is 2.39. The van der Waals surface area contributed by atoms with Gasteiger partial charge in [-0.25, -0.2) is 0 Å². The summed E-state index contributed by atoms with van der Waals surface area (Å²) in [7, 11) is -2.63. The Kier molecular flexibility index (Phi) is 8.62. The third kappa shape index (κ3) is 5.68. The van der Waals surface area contributed by atoms with Crippen molar-refractivity contribution in [1.29, 1.82) is 0 Å². The van der Waals surface area contributed by atoms with Gasteiger partial charge in [0.15, 0.2) is 5.60 Å². The van der Waals surface area contributed by atoms with E-state index in [4.69, 9.17) is 14.2 Å². The first-order valence-electron chi connectivity index (χ1n) is 8.16. The molecule has 0 heterocycles. The minimum Gasteiger partial charge on any atom is -0.494 e. The molecule has 1 unspecified atom stereocenters. The summed E-state index contributed by atoms with van der Waals surface area (Å²) in [5.41, 5.74) is 0.204. The molecule has 1 aromatic carbocycles. The van der Waals surface area contributed by atoms with Crippen LogP contribution in [0, 0.1) is 0 Å². The molecule has 0 radical (unpaired) electrons. The molecule has 124 valence electrons. The maximum absolute atomic E-state index is 11.1. The van der Waals surface area contributed by atoms with Crippen molar-refractivity contribution in [3.8, 4) is 5.75 Å². The predicted octanol–water partition coefficient (Wildman–Crippen LogP) is 5.33. The SMILES string of the molecule is CCCCCCOc1ccc(C(CC)(CC)O[P+](=O)O)cc1. The number of rotatable bonds is 11. The predicted molar refractivity (Wildman–Crippen MR) is 89.2 cm³/mol. The van der Waals surface area contributed by atoms with E-state index in [1.54, 1.807) is 0 Å². The Morgan fingerprint density at radius 1 is 1.05 bits per heavy atom. The number of benzene rings is 1. The Hall–Kier alpha value is -0.960. The zero-order chi connectivity index (χ0) is 16.4. The zero-order valence-corrected chi connectivity index (χ0v) is 14.8. The lowest BCUT2D eigenvalue weighted by Gasteiger charge is -2.25. The molecule has 0 bridgehead atoms. The van der Waals surface area contributed by atoms with Crippen molar-refractivity contribution in [2.45, 2.75) is 64.9 Å². The Balaban J connectivity index is 2.67. The maximum atomic E-state index is 11.1. The van der Waals surface area contributed by atoms with Gasteiger partial charge in [0.05, 0.1) is 6.61 Å². The normalized spacial score (nSPS) is 12.3. The van der Waals surface area contributed by atoms with Gasteiger partial charge < -0.3 is 4.74 Å². The Morgan fingerprint density at radius 3 is 2.18 bits per heavy atom. The molecule has 5 heteroatoms. The number of hydrogen-bond donors (Lipinski definition) is 1. The summed E-state index contributed by atoms with van der Waals surface area (Å²) >= 11 is 0. The van der Waals surface area contributed by atoms with E-state index in [2.05, 4.69) is 6.92 Å². The summed E-state index contributed by atoms with van der Waals surface area (Å²) in [4.78, 5) is 9.12. The van der Waals surface area contributed by atoms with Crippen LogP contribution in [0.3, 0.4) is 0 Å². The molecular weight excluding hydrogens is 299 g/mol. The van der Waals surface area contributed by atoms with Gasteiger partial charge in [-0.2, -0.15) is 0 Å². The van der Waals surface area contributed by atoms with E-state index in [0.717, 1.165) is 24.3 Å². The van der Waals surface area contributed by atoms with E-state index < -0.39 is 13.9 Å². The molecule has 0 saturated carbocycles. The molecule has 0 aliphatic carbocycles. The van der Waals surface area contributed by atoms with Crippen LogP contribution in [0.25, 0.3) is 0 Å². The fourth-order valence-electron chi connectivity index (χ4n) is 2.56. The highest BCUT2D eigenvalue weighted by molar-refractivity contribution is 7.32. The molecule has 0 amide bonds. The van der Waals surface area contributed by atoms with E-state index in [9.17, 15) is 4.57 Å². The maximum Gasteiger partial charge on any atom is 0.695 e. The summed E-state index contributed by atoms with van der Waals surface area (Å²) < 4.78 is 22.1. The van der Waals surface area contributed by atoms with Crippen LogP contribution in [-0.2, 0) is 14.7 Å². The number of unbranched alkanes of at least 4 members (excludes halogenated alkanes) is 3. The highest BCUT2D eigenvalue weighted by atomic mass is 31.1. The van der Waals surface area contributed by atoms with Crippen LogP contribution >= 0.6 is 8.25 Å². The van der Waals surface area contributed by atoms with Crippen molar-refractivity contribution in [3.63, 3.8) is 0 Å². The molecule has 1 atom stereocenters. The summed E-state index contributed by atoms with van der Waals surface area (Å²) in [5, 5.41) is 0. The van der Waals surface area contributed by atoms with Gasteiger partial charge in [-0.15, -0.1) is 9.42 Å². The van der Waals surface area contributed by atoms with Gasteiger partial charge in [-0.1, -0.05) is 52.2 Å². The fraction of sp³-hybridized carbons (Fsp3) is 0.647.